The lowest BCUT2D eigenvalue weighted by atomic mass is 10.1. The molecule has 0 unspecified atom stereocenters. The lowest BCUT2D eigenvalue weighted by Gasteiger charge is -2.31. The fourth-order valence-electron chi connectivity index (χ4n) is 4.92. The highest BCUT2D eigenvalue weighted by Gasteiger charge is 2.35. The Morgan fingerprint density at radius 2 is 1.95 bits per heavy atom. The van der Waals surface area contributed by atoms with Gasteiger partial charge >= 0.3 is 0 Å². The molecule has 2 aliphatic heterocycles. The van der Waals surface area contributed by atoms with E-state index in [-0.39, 0.29) is 18.6 Å². The lowest BCUT2D eigenvalue weighted by Crippen LogP contribution is -2.46. The first kappa shape index (κ1) is 27.7. The van der Waals surface area contributed by atoms with Gasteiger partial charge in [-0.1, -0.05) is 6.07 Å². The van der Waals surface area contributed by atoms with Gasteiger partial charge in [-0.15, -0.1) is 21.5 Å². The number of tetrazole rings is 1. The summed E-state index contributed by atoms with van der Waals surface area (Å²) in [5.74, 6) is 1.42. The topological polar surface area (TPSA) is 130 Å². The maximum Gasteiger partial charge on any atom is 0.251 e. The Hall–Kier alpha value is -4.49. The third-order valence-electron chi connectivity index (χ3n) is 7.00. The molecule has 0 radical (unpaired) electrons. The van der Waals surface area contributed by atoms with E-state index in [2.05, 4.69) is 20.7 Å². The van der Waals surface area contributed by atoms with E-state index in [1.54, 1.807) is 37.4 Å². The summed E-state index contributed by atoms with van der Waals surface area (Å²) in [5.41, 5.74) is 1.20. The van der Waals surface area contributed by atoms with Crippen molar-refractivity contribution in [3.05, 3.63) is 64.9 Å². The maximum atomic E-state index is 14.1. The van der Waals surface area contributed by atoms with Crippen molar-refractivity contribution in [2.24, 2.45) is 0 Å². The van der Waals surface area contributed by atoms with Crippen LogP contribution in [0.2, 0.25) is 0 Å². The summed E-state index contributed by atoms with van der Waals surface area (Å²) in [4.78, 5) is 31.3. The summed E-state index contributed by atoms with van der Waals surface area (Å²) in [6.07, 6.45) is 1.79. The van der Waals surface area contributed by atoms with Crippen molar-refractivity contribution >= 4 is 28.8 Å². The average Bonchev–Trinajstić information content (AvgIpc) is 3.82. The quantitative estimate of drug-likeness (QED) is 0.296. The minimum Gasteiger partial charge on any atom is -0.497 e. The maximum absolute atomic E-state index is 14.1. The van der Waals surface area contributed by atoms with Gasteiger partial charge in [-0.05, 0) is 65.9 Å². The molecular formula is C29H30N6O6S. The van der Waals surface area contributed by atoms with Gasteiger partial charge in [0.15, 0.2) is 11.5 Å². The highest BCUT2D eigenvalue weighted by molar-refractivity contribution is 7.10. The largest absolute Gasteiger partial charge is 0.497 e. The fourth-order valence-corrected chi connectivity index (χ4v) is 5.73. The van der Waals surface area contributed by atoms with Crippen LogP contribution in [0.1, 0.15) is 23.8 Å². The first-order valence-corrected chi connectivity index (χ1v) is 14.5. The smallest absolute Gasteiger partial charge is 0.251 e. The lowest BCUT2D eigenvalue weighted by molar-refractivity contribution is -0.127. The SMILES string of the molecule is COc1ccc(-c2nnn(CC(=O)N(c3ccc4c(c3)OCCO4)[C@H](C(=O)NC[C@H]3CCCO3)c3cccs3)n2)cc1. The van der Waals surface area contributed by atoms with Crippen LogP contribution in [-0.4, -0.2) is 71.6 Å². The molecule has 218 valence electrons. The molecule has 6 rings (SSSR count). The number of ether oxygens (including phenoxy) is 4. The summed E-state index contributed by atoms with van der Waals surface area (Å²) in [5, 5.41) is 17.6. The third kappa shape index (κ3) is 6.06. The van der Waals surface area contributed by atoms with Crippen molar-refractivity contribution in [3.63, 3.8) is 0 Å². The van der Waals surface area contributed by atoms with Crippen LogP contribution in [0.5, 0.6) is 17.2 Å². The number of carbonyl (C=O) groups is 2. The molecule has 0 aliphatic carbocycles. The zero-order valence-electron chi connectivity index (χ0n) is 23.0. The molecule has 1 saturated heterocycles. The van der Waals surface area contributed by atoms with Crippen molar-refractivity contribution in [2.75, 3.05) is 38.4 Å². The van der Waals surface area contributed by atoms with E-state index in [0.717, 1.165) is 18.4 Å². The number of methoxy groups -OCH3 is 1. The van der Waals surface area contributed by atoms with Crippen LogP contribution in [0.15, 0.2) is 60.0 Å². The molecule has 4 aromatic rings. The molecule has 0 bridgehead atoms. The van der Waals surface area contributed by atoms with Gasteiger partial charge in [-0.25, -0.2) is 0 Å². The van der Waals surface area contributed by atoms with Crippen LogP contribution in [0.25, 0.3) is 11.4 Å². The van der Waals surface area contributed by atoms with Gasteiger partial charge < -0.3 is 24.3 Å². The van der Waals surface area contributed by atoms with E-state index >= 15 is 0 Å². The molecule has 12 nitrogen and oxygen atoms in total. The summed E-state index contributed by atoms with van der Waals surface area (Å²) in [6, 6.07) is 15.2. The molecule has 2 aromatic carbocycles. The number of rotatable bonds is 10. The highest BCUT2D eigenvalue weighted by Crippen LogP contribution is 2.38. The van der Waals surface area contributed by atoms with Gasteiger partial charge in [0.2, 0.25) is 11.7 Å². The molecule has 42 heavy (non-hydrogen) atoms. The molecule has 1 N–H and O–H groups in total. The van der Waals surface area contributed by atoms with Crippen molar-refractivity contribution in [1.29, 1.82) is 0 Å². The van der Waals surface area contributed by atoms with E-state index in [4.69, 9.17) is 18.9 Å². The van der Waals surface area contributed by atoms with Gasteiger partial charge in [0, 0.05) is 35.3 Å². The number of anilines is 1. The predicted octanol–water partition coefficient (Wildman–Crippen LogP) is 3.25. The minimum absolute atomic E-state index is 0.0490. The average molecular weight is 591 g/mol. The van der Waals surface area contributed by atoms with E-state index in [1.807, 2.05) is 29.6 Å². The van der Waals surface area contributed by atoms with Crippen LogP contribution in [-0.2, 0) is 20.9 Å². The summed E-state index contributed by atoms with van der Waals surface area (Å²) >= 11 is 1.39. The first-order chi connectivity index (χ1) is 20.6. The number of nitrogens with one attached hydrogen (secondary N) is 1. The number of amides is 2. The van der Waals surface area contributed by atoms with E-state index in [1.165, 1.54) is 21.0 Å². The van der Waals surface area contributed by atoms with Crippen molar-refractivity contribution in [3.8, 4) is 28.6 Å². The number of nitrogens with zero attached hydrogens (tertiary/aromatic N) is 5. The molecule has 0 saturated carbocycles. The molecule has 2 atom stereocenters. The monoisotopic (exact) mass is 590 g/mol. The second-order valence-electron chi connectivity index (χ2n) is 9.76. The van der Waals surface area contributed by atoms with Crippen LogP contribution in [0.3, 0.4) is 0 Å². The normalized spacial score (nSPS) is 16.5. The highest BCUT2D eigenvalue weighted by atomic mass is 32.1. The molecular weight excluding hydrogens is 560 g/mol. The molecule has 0 spiro atoms. The van der Waals surface area contributed by atoms with E-state index in [9.17, 15) is 9.59 Å². The Bertz CT molecular complexity index is 1520. The number of hydrogen-bond acceptors (Lipinski definition) is 10. The zero-order valence-corrected chi connectivity index (χ0v) is 23.8. The van der Waals surface area contributed by atoms with Gasteiger partial charge in [-0.2, -0.15) is 4.80 Å². The van der Waals surface area contributed by atoms with Crippen LogP contribution in [0.4, 0.5) is 5.69 Å². The third-order valence-corrected chi connectivity index (χ3v) is 7.92. The Morgan fingerprint density at radius 1 is 1.12 bits per heavy atom. The minimum atomic E-state index is -0.953. The number of aromatic nitrogens is 4. The standard InChI is InChI=1S/C29H30N6O6S/c1-38-21-9-6-19(7-10-21)28-31-33-34(32-28)18-26(36)35(20-8-11-23-24(16-20)41-14-13-40-23)27(25-5-3-15-42-25)29(37)30-17-22-4-2-12-39-22/h3,5-11,15-16,22,27H,2,4,12-14,17-18H2,1H3,(H,30,37)/t22-,27+/m1/s1. The van der Waals surface area contributed by atoms with Crippen LogP contribution in [0, 0.1) is 0 Å². The molecule has 2 aliphatic rings. The number of thiophene rings is 1. The Kier molecular flexibility index (Phi) is 8.28. The second-order valence-corrected chi connectivity index (χ2v) is 10.7. The van der Waals surface area contributed by atoms with E-state index < -0.39 is 11.9 Å². The number of fused-ring (bicyclic) bond motifs is 1. The van der Waals surface area contributed by atoms with Crippen molar-refractivity contribution < 1.29 is 28.5 Å². The zero-order chi connectivity index (χ0) is 28.9. The Labute approximate surface area is 246 Å². The Balaban J connectivity index is 1.31. The number of carbonyl (C=O) groups excluding carboxylic acids is 2. The van der Waals surface area contributed by atoms with Crippen molar-refractivity contribution in [1.82, 2.24) is 25.5 Å². The van der Waals surface area contributed by atoms with Gasteiger partial charge in [0.05, 0.1) is 13.2 Å². The van der Waals surface area contributed by atoms with Crippen molar-refractivity contribution in [2.45, 2.75) is 31.5 Å². The van der Waals surface area contributed by atoms with Gasteiger partial charge in [0.1, 0.15) is 31.5 Å². The molecule has 1 fully saturated rings. The van der Waals surface area contributed by atoms with Gasteiger partial charge in [0.25, 0.3) is 5.91 Å². The fraction of sp³-hybridized carbons (Fsp3) is 0.345. The molecule has 2 aromatic heterocycles. The summed E-state index contributed by atoms with van der Waals surface area (Å²) in [6.45, 7) is 1.61. The molecule has 13 heteroatoms. The summed E-state index contributed by atoms with van der Waals surface area (Å²) < 4.78 is 22.4. The molecule has 4 heterocycles. The summed E-state index contributed by atoms with van der Waals surface area (Å²) in [7, 11) is 1.59. The van der Waals surface area contributed by atoms with E-state index in [0.29, 0.717) is 60.0 Å². The molecule has 2 amide bonds. The number of benzene rings is 2. The van der Waals surface area contributed by atoms with Gasteiger partial charge in [-0.3, -0.25) is 14.5 Å². The van der Waals surface area contributed by atoms with Crippen LogP contribution >= 0.6 is 11.3 Å². The predicted molar refractivity (Wildman–Crippen MR) is 154 cm³/mol. The Morgan fingerprint density at radius 3 is 2.69 bits per heavy atom. The van der Waals surface area contributed by atoms with Crippen LogP contribution < -0.4 is 24.4 Å². The number of hydrogen-bond donors (Lipinski definition) is 1. The first-order valence-electron chi connectivity index (χ1n) is 13.7. The second kappa shape index (κ2) is 12.6.